The summed E-state index contributed by atoms with van der Waals surface area (Å²) in [6.07, 6.45) is 1.58. The third-order valence-electron chi connectivity index (χ3n) is 3.74. The van der Waals surface area contributed by atoms with Gasteiger partial charge in [-0.1, -0.05) is 17.3 Å². The van der Waals surface area contributed by atoms with E-state index in [-0.39, 0.29) is 30.2 Å². The van der Waals surface area contributed by atoms with E-state index in [1.165, 1.54) is 25.0 Å². The Morgan fingerprint density at radius 3 is 3.00 bits per heavy atom. The van der Waals surface area contributed by atoms with Crippen molar-refractivity contribution in [1.82, 2.24) is 10.5 Å². The molecule has 0 spiro atoms. The molecule has 0 bridgehead atoms. The maximum absolute atomic E-state index is 13.7. The number of rotatable bonds is 8. The van der Waals surface area contributed by atoms with Gasteiger partial charge in [-0.3, -0.25) is 4.79 Å². The third-order valence-corrected chi connectivity index (χ3v) is 3.74. The minimum absolute atomic E-state index is 0.0272. The molecule has 1 aliphatic carbocycles. The molecule has 1 amide bonds. The SMILES string of the molecule is O=C(NCC(O)COCC1CC1)c1cc(-c2ccccc2F)on1. The first-order chi connectivity index (χ1) is 11.6. The predicted molar refractivity (Wildman–Crippen MR) is 83.8 cm³/mol. The fraction of sp³-hybridized carbons (Fsp3) is 0.412. The van der Waals surface area contributed by atoms with E-state index in [1.54, 1.807) is 18.2 Å². The van der Waals surface area contributed by atoms with E-state index in [0.29, 0.717) is 12.5 Å². The predicted octanol–water partition coefficient (Wildman–Crippen LogP) is 2.00. The standard InChI is InChI=1S/C17H19FN2O4/c18-14-4-2-1-3-13(14)16-7-15(20-24-16)17(22)19-8-12(21)10-23-9-11-5-6-11/h1-4,7,11-12,21H,5-6,8-10H2,(H,19,22). The summed E-state index contributed by atoms with van der Waals surface area (Å²) in [6.45, 7) is 0.877. The molecule has 0 aliphatic heterocycles. The monoisotopic (exact) mass is 334 g/mol. The lowest BCUT2D eigenvalue weighted by atomic mass is 10.1. The normalized spacial score (nSPS) is 15.2. The number of hydrogen-bond acceptors (Lipinski definition) is 5. The minimum Gasteiger partial charge on any atom is -0.389 e. The summed E-state index contributed by atoms with van der Waals surface area (Å²) >= 11 is 0. The maximum atomic E-state index is 13.7. The van der Waals surface area contributed by atoms with Crippen molar-refractivity contribution >= 4 is 5.91 Å². The van der Waals surface area contributed by atoms with Crippen LogP contribution < -0.4 is 5.32 Å². The van der Waals surface area contributed by atoms with Crippen molar-refractivity contribution in [2.45, 2.75) is 18.9 Å². The Bertz CT molecular complexity index is 699. The van der Waals surface area contributed by atoms with E-state index in [0.717, 1.165) is 0 Å². The zero-order valence-electron chi connectivity index (χ0n) is 13.1. The second-order valence-corrected chi connectivity index (χ2v) is 5.90. The number of benzene rings is 1. The van der Waals surface area contributed by atoms with Crippen LogP contribution in [0.2, 0.25) is 0 Å². The number of hydrogen-bond donors (Lipinski definition) is 2. The molecular formula is C17H19FN2O4. The van der Waals surface area contributed by atoms with Gasteiger partial charge < -0.3 is 19.7 Å². The van der Waals surface area contributed by atoms with Crippen LogP contribution in [0.25, 0.3) is 11.3 Å². The molecule has 3 rings (SSSR count). The van der Waals surface area contributed by atoms with Crippen molar-refractivity contribution in [3.8, 4) is 11.3 Å². The topological polar surface area (TPSA) is 84.6 Å². The van der Waals surface area contributed by atoms with E-state index in [2.05, 4.69) is 10.5 Å². The third kappa shape index (κ3) is 4.39. The zero-order valence-corrected chi connectivity index (χ0v) is 13.1. The van der Waals surface area contributed by atoms with Crippen LogP contribution in [0.5, 0.6) is 0 Å². The van der Waals surface area contributed by atoms with E-state index >= 15 is 0 Å². The highest BCUT2D eigenvalue weighted by Gasteiger charge is 2.22. The summed E-state index contributed by atoms with van der Waals surface area (Å²) in [5, 5.41) is 15.9. The fourth-order valence-corrected chi connectivity index (χ4v) is 2.19. The first-order valence-electron chi connectivity index (χ1n) is 7.89. The Morgan fingerprint density at radius 1 is 1.46 bits per heavy atom. The Balaban J connectivity index is 1.49. The van der Waals surface area contributed by atoms with Crippen LogP contribution >= 0.6 is 0 Å². The molecule has 1 aromatic heterocycles. The second kappa shape index (κ2) is 7.55. The number of ether oxygens (including phenoxy) is 1. The number of nitrogens with one attached hydrogen (secondary N) is 1. The molecule has 6 nitrogen and oxygen atoms in total. The van der Waals surface area contributed by atoms with E-state index in [9.17, 15) is 14.3 Å². The Morgan fingerprint density at radius 2 is 2.25 bits per heavy atom. The van der Waals surface area contributed by atoms with Crippen molar-refractivity contribution in [1.29, 1.82) is 0 Å². The summed E-state index contributed by atoms with van der Waals surface area (Å²) in [5.74, 6) is -0.156. The number of nitrogens with zero attached hydrogens (tertiary/aromatic N) is 1. The molecule has 1 aliphatic rings. The molecule has 1 saturated carbocycles. The summed E-state index contributed by atoms with van der Waals surface area (Å²) < 4.78 is 24.1. The van der Waals surface area contributed by atoms with E-state index in [4.69, 9.17) is 9.26 Å². The molecule has 0 radical (unpaired) electrons. The van der Waals surface area contributed by atoms with Crippen LogP contribution in [0.1, 0.15) is 23.3 Å². The molecule has 0 saturated heterocycles. The van der Waals surface area contributed by atoms with Crippen molar-refractivity contribution in [3.05, 3.63) is 41.8 Å². The van der Waals surface area contributed by atoms with Crippen LogP contribution in [0, 0.1) is 11.7 Å². The summed E-state index contributed by atoms with van der Waals surface area (Å²) in [6, 6.07) is 7.44. The van der Waals surface area contributed by atoms with Crippen LogP contribution in [0.15, 0.2) is 34.9 Å². The fourth-order valence-electron chi connectivity index (χ4n) is 2.19. The first kappa shape index (κ1) is 16.6. The molecule has 24 heavy (non-hydrogen) atoms. The van der Waals surface area contributed by atoms with Gasteiger partial charge in [0.15, 0.2) is 11.5 Å². The van der Waals surface area contributed by atoms with E-state index in [1.807, 2.05) is 0 Å². The van der Waals surface area contributed by atoms with Crippen molar-refractivity contribution in [2.75, 3.05) is 19.8 Å². The lowest BCUT2D eigenvalue weighted by Crippen LogP contribution is -2.34. The molecule has 1 fully saturated rings. The van der Waals surface area contributed by atoms with Gasteiger partial charge in [0.05, 0.1) is 18.3 Å². The van der Waals surface area contributed by atoms with Crippen LogP contribution in [0.3, 0.4) is 0 Å². The van der Waals surface area contributed by atoms with Gasteiger partial charge in [0.2, 0.25) is 0 Å². The van der Waals surface area contributed by atoms with Gasteiger partial charge in [-0.2, -0.15) is 0 Å². The highest BCUT2D eigenvalue weighted by Crippen LogP contribution is 2.28. The number of aliphatic hydroxyl groups excluding tert-OH is 1. The Labute approximate surface area is 138 Å². The lowest BCUT2D eigenvalue weighted by Gasteiger charge is -2.11. The molecule has 2 N–H and O–H groups in total. The van der Waals surface area contributed by atoms with Crippen molar-refractivity contribution in [2.24, 2.45) is 5.92 Å². The molecule has 1 aromatic carbocycles. The zero-order chi connectivity index (χ0) is 16.9. The van der Waals surface area contributed by atoms with Crippen LogP contribution in [-0.2, 0) is 4.74 Å². The number of amides is 1. The quantitative estimate of drug-likeness (QED) is 0.771. The lowest BCUT2D eigenvalue weighted by molar-refractivity contribution is 0.0320. The number of aromatic nitrogens is 1. The number of aliphatic hydroxyl groups is 1. The maximum Gasteiger partial charge on any atom is 0.273 e. The Kier molecular flexibility index (Phi) is 5.22. The molecule has 7 heteroatoms. The summed E-state index contributed by atoms with van der Waals surface area (Å²) in [7, 11) is 0. The second-order valence-electron chi connectivity index (χ2n) is 5.90. The highest BCUT2D eigenvalue weighted by atomic mass is 19.1. The van der Waals surface area contributed by atoms with Gasteiger partial charge in [-0.05, 0) is 30.9 Å². The first-order valence-corrected chi connectivity index (χ1v) is 7.89. The van der Waals surface area contributed by atoms with Gasteiger partial charge in [0.25, 0.3) is 5.91 Å². The van der Waals surface area contributed by atoms with Crippen molar-refractivity contribution < 1.29 is 23.6 Å². The van der Waals surface area contributed by atoms with Crippen LogP contribution in [0.4, 0.5) is 4.39 Å². The summed E-state index contributed by atoms with van der Waals surface area (Å²) in [5.41, 5.74) is 0.261. The van der Waals surface area contributed by atoms with Gasteiger partial charge in [0.1, 0.15) is 5.82 Å². The molecule has 2 aromatic rings. The number of carbonyl (C=O) groups is 1. The largest absolute Gasteiger partial charge is 0.389 e. The molecule has 128 valence electrons. The number of halogens is 1. The van der Waals surface area contributed by atoms with Crippen LogP contribution in [-0.4, -0.2) is 42.0 Å². The van der Waals surface area contributed by atoms with Crippen molar-refractivity contribution in [3.63, 3.8) is 0 Å². The summed E-state index contributed by atoms with van der Waals surface area (Å²) in [4.78, 5) is 12.0. The van der Waals surface area contributed by atoms with Gasteiger partial charge in [-0.15, -0.1) is 0 Å². The van der Waals surface area contributed by atoms with Gasteiger partial charge >= 0.3 is 0 Å². The molecule has 1 atom stereocenters. The molecule has 1 heterocycles. The average molecular weight is 334 g/mol. The van der Waals surface area contributed by atoms with Gasteiger partial charge in [-0.25, -0.2) is 4.39 Å². The highest BCUT2D eigenvalue weighted by molar-refractivity contribution is 5.93. The number of carbonyl (C=O) groups excluding carboxylic acids is 1. The Hall–Kier alpha value is -2.25. The van der Waals surface area contributed by atoms with E-state index < -0.39 is 17.8 Å². The van der Waals surface area contributed by atoms with Gasteiger partial charge in [0, 0.05) is 19.2 Å². The smallest absolute Gasteiger partial charge is 0.273 e. The molecule has 1 unspecified atom stereocenters. The minimum atomic E-state index is -0.786. The average Bonchev–Trinajstić information content (AvgIpc) is 3.27. The molecular weight excluding hydrogens is 315 g/mol.